The van der Waals surface area contributed by atoms with Gasteiger partial charge in [0.15, 0.2) is 0 Å². The van der Waals surface area contributed by atoms with Crippen molar-refractivity contribution in [2.24, 2.45) is 0 Å². The van der Waals surface area contributed by atoms with E-state index in [4.69, 9.17) is 0 Å². The third-order valence-electron chi connectivity index (χ3n) is 2.92. The molecule has 19 heavy (non-hydrogen) atoms. The Labute approximate surface area is 116 Å². The Morgan fingerprint density at radius 2 is 2.11 bits per heavy atom. The maximum absolute atomic E-state index is 4.61. The molecule has 3 aromatic rings. The minimum absolute atomic E-state index is 0.929. The molecule has 0 atom stereocenters. The fourth-order valence-corrected chi connectivity index (χ4v) is 2.70. The summed E-state index contributed by atoms with van der Waals surface area (Å²) < 4.78 is 1.85. The van der Waals surface area contributed by atoms with Gasteiger partial charge in [-0.05, 0) is 6.42 Å². The van der Waals surface area contributed by atoms with E-state index in [1.54, 1.807) is 11.3 Å². The highest BCUT2D eigenvalue weighted by atomic mass is 32.1. The predicted octanol–water partition coefficient (Wildman–Crippen LogP) is 3.67. The van der Waals surface area contributed by atoms with Crippen molar-refractivity contribution in [1.82, 2.24) is 14.6 Å². The average molecular weight is 272 g/mol. The summed E-state index contributed by atoms with van der Waals surface area (Å²) in [6.07, 6.45) is 4.33. The molecule has 98 valence electrons. The van der Waals surface area contributed by atoms with Crippen LogP contribution in [0.15, 0.2) is 36.5 Å². The fourth-order valence-electron chi connectivity index (χ4n) is 1.89. The Balaban J connectivity index is 1.82. The van der Waals surface area contributed by atoms with Gasteiger partial charge in [-0.3, -0.25) is 0 Å². The summed E-state index contributed by atoms with van der Waals surface area (Å²) in [5.41, 5.74) is 2.10. The molecule has 3 rings (SSSR count). The van der Waals surface area contributed by atoms with Crippen molar-refractivity contribution in [3.8, 4) is 11.3 Å². The number of hydrogen-bond donors (Lipinski definition) is 1. The number of anilines is 1. The number of unbranched alkanes of at least 4 members (excludes halogenated alkanes) is 1. The van der Waals surface area contributed by atoms with Gasteiger partial charge in [0.25, 0.3) is 0 Å². The van der Waals surface area contributed by atoms with Crippen LogP contribution in [0.3, 0.4) is 0 Å². The van der Waals surface area contributed by atoms with Crippen LogP contribution in [0.2, 0.25) is 0 Å². The van der Waals surface area contributed by atoms with Crippen molar-refractivity contribution in [3.63, 3.8) is 0 Å². The normalized spacial score (nSPS) is 11.0. The van der Waals surface area contributed by atoms with E-state index < -0.39 is 0 Å². The molecule has 2 heterocycles. The Morgan fingerprint density at radius 3 is 2.84 bits per heavy atom. The molecule has 1 aromatic carbocycles. The van der Waals surface area contributed by atoms with Crippen LogP contribution >= 0.6 is 11.3 Å². The molecule has 0 amide bonds. The van der Waals surface area contributed by atoms with Crippen LogP contribution in [0.25, 0.3) is 16.2 Å². The number of rotatable bonds is 5. The largest absolute Gasteiger partial charge is 0.360 e. The lowest BCUT2D eigenvalue weighted by molar-refractivity contribution is 0.828. The molecule has 0 aliphatic heterocycles. The van der Waals surface area contributed by atoms with Crippen molar-refractivity contribution in [2.75, 3.05) is 11.9 Å². The van der Waals surface area contributed by atoms with E-state index in [2.05, 4.69) is 34.5 Å². The second kappa shape index (κ2) is 5.40. The summed E-state index contributed by atoms with van der Waals surface area (Å²) in [6, 6.07) is 10.2. The van der Waals surface area contributed by atoms with Gasteiger partial charge < -0.3 is 5.32 Å². The number of benzene rings is 1. The first-order chi connectivity index (χ1) is 9.36. The van der Waals surface area contributed by atoms with Gasteiger partial charge in [-0.15, -0.1) is 5.10 Å². The molecule has 0 unspecified atom stereocenters. The highest BCUT2D eigenvalue weighted by Gasteiger charge is 2.08. The summed E-state index contributed by atoms with van der Waals surface area (Å²) in [5, 5.41) is 8.76. The van der Waals surface area contributed by atoms with Crippen LogP contribution < -0.4 is 5.32 Å². The maximum Gasteiger partial charge on any atom is 0.214 e. The van der Waals surface area contributed by atoms with Gasteiger partial charge in [0.2, 0.25) is 10.1 Å². The van der Waals surface area contributed by atoms with Gasteiger partial charge in [0, 0.05) is 12.1 Å². The molecule has 0 saturated heterocycles. The Morgan fingerprint density at radius 1 is 1.26 bits per heavy atom. The van der Waals surface area contributed by atoms with Crippen molar-refractivity contribution < 1.29 is 0 Å². The van der Waals surface area contributed by atoms with Crippen LogP contribution in [0.5, 0.6) is 0 Å². The first-order valence-electron chi connectivity index (χ1n) is 6.52. The van der Waals surface area contributed by atoms with Gasteiger partial charge >= 0.3 is 0 Å². The third-order valence-corrected chi connectivity index (χ3v) is 3.80. The molecule has 0 spiro atoms. The average Bonchev–Trinajstić information content (AvgIpc) is 2.98. The van der Waals surface area contributed by atoms with Crippen LogP contribution in [0.1, 0.15) is 19.8 Å². The van der Waals surface area contributed by atoms with Gasteiger partial charge in [0.1, 0.15) is 0 Å². The lowest BCUT2D eigenvalue weighted by Gasteiger charge is -1.98. The van der Waals surface area contributed by atoms with Crippen molar-refractivity contribution in [2.45, 2.75) is 19.8 Å². The monoisotopic (exact) mass is 272 g/mol. The van der Waals surface area contributed by atoms with Crippen LogP contribution in [-0.4, -0.2) is 21.1 Å². The number of nitrogens with zero attached hydrogens (tertiary/aromatic N) is 3. The second-order valence-electron chi connectivity index (χ2n) is 4.41. The molecule has 5 heteroatoms. The first kappa shape index (κ1) is 12.2. The molecule has 4 nitrogen and oxygen atoms in total. The number of nitrogens with one attached hydrogen (secondary N) is 1. The zero-order valence-corrected chi connectivity index (χ0v) is 11.7. The van der Waals surface area contributed by atoms with E-state index in [1.165, 1.54) is 6.42 Å². The lowest BCUT2D eigenvalue weighted by atomic mass is 10.2. The molecular formula is C14H16N4S. The van der Waals surface area contributed by atoms with E-state index in [9.17, 15) is 0 Å². The highest BCUT2D eigenvalue weighted by Crippen LogP contribution is 2.24. The van der Waals surface area contributed by atoms with Crippen molar-refractivity contribution >= 4 is 21.4 Å². The first-order valence-corrected chi connectivity index (χ1v) is 7.34. The Bertz CT molecular complexity index is 625. The standard InChI is InChI=1S/C14H16N4S/c1-2-3-9-15-13-17-18-10-12(16-14(18)19-13)11-7-5-4-6-8-11/h4-8,10H,2-3,9H2,1H3,(H,15,17). The number of hydrogen-bond acceptors (Lipinski definition) is 4. The Hall–Kier alpha value is -1.88. The minimum atomic E-state index is 0.929. The topological polar surface area (TPSA) is 42.2 Å². The van der Waals surface area contributed by atoms with Crippen LogP contribution in [0, 0.1) is 0 Å². The number of fused-ring (bicyclic) bond motifs is 1. The molecular weight excluding hydrogens is 256 g/mol. The second-order valence-corrected chi connectivity index (χ2v) is 5.36. The van der Waals surface area contributed by atoms with E-state index in [0.717, 1.165) is 34.3 Å². The van der Waals surface area contributed by atoms with Crippen LogP contribution in [-0.2, 0) is 0 Å². The summed E-state index contributed by atoms with van der Waals surface area (Å²) in [5.74, 6) is 0. The van der Waals surface area contributed by atoms with Gasteiger partial charge in [-0.2, -0.15) is 0 Å². The van der Waals surface area contributed by atoms with Crippen molar-refractivity contribution in [3.05, 3.63) is 36.5 Å². The van der Waals surface area contributed by atoms with E-state index in [1.807, 2.05) is 28.9 Å². The van der Waals surface area contributed by atoms with Crippen LogP contribution in [0.4, 0.5) is 5.13 Å². The van der Waals surface area contributed by atoms with Gasteiger partial charge in [-0.25, -0.2) is 9.50 Å². The molecule has 0 aliphatic rings. The van der Waals surface area contributed by atoms with E-state index in [0.29, 0.717) is 0 Å². The molecule has 1 N–H and O–H groups in total. The van der Waals surface area contributed by atoms with Crippen molar-refractivity contribution in [1.29, 1.82) is 0 Å². The fraction of sp³-hybridized carbons (Fsp3) is 0.286. The van der Waals surface area contributed by atoms with Gasteiger partial charge in [0.05, 0.1) is 11.9 Å². The van der Waals surface area contributed by atoms with E-state index >= 15 is 0 Å². The molecule has 0 fully saturated rings. The zero-order chi connectivity index (χ0) is 13.1. The summed E-state index contributed by atoms with van der Waals surface area (Å²) >= 11 is 1.59. The minimum Gasteiger partial charge on any atom is -0.360 e. The Kier molecular flexibility index (Phi) is 3.46. The lowest BCUT2D eigenvalue weighted by Crippen LogP contribution is -2.00. The predicted molar refractivity (Wildman–Crippen MR) is 79.7 cm³/mol. The molecule has 0 saturated carbocycles. The molecule has 0 bridgehead atoms. The maximum atomic E-state index is 4.61. The summed E-state index contributed by atoms with van der Waals surface area (Å²) in [6.45, 7) is 3.15. The number of aromatic nitrogens is 3. The summed E-state index contributed by atoms with van der Waals surface area (Å²) in [4.78, 5) is 5.54. The molecule has 0 radical (unpaired) electrons. The third kappa shape index (κ3) is 2.61. The highest BCUT2D eigenvalue weighted by molar-refractivity contribution is 7.20. The SMILES string of the molecule is CCCCNc1nn2cc(-c3ccccc3)nc2s1. The van der Waals surface area contributed by atoms with E-state index in [-0.39, 0.29) is 0 Å². The molecule has 0 aliphatic carbocycles. The smallest absolute Gasteiger partial charge is 0.214 e. The number of imidazole rings is 1. The zero-order valence-electron chi connectivity index (χ0n) is 10.8. The van der Waals surface area contributed by atoms with Gasteiger partial charge in [-0.1, -0.05) is 55.0 Å². The summed E-state index contributed by atoms with van der Waals surface area (Å²) in [7, 11) is 0. The quantitative estimate of drug-likeness (QED) is 0.721. The molecule has 2 aromatic heterocycles.